The molecule has 2 atom stereocenters. The van der Waals surface area contributed by atoms with E-state index in [0.29, 0.717) is 25.9 Å². The second kappa shape index (κ2) is 11.9. The number of carboxylic acids is 1. The van der Waals surface area contributed by atoms with Gasteiger partial charge in [0.2, 0.25) is 11.8 Å². The maximum atomic E-state index is 13.1. The quantitative estimate of drug-likeness (QED) is 0.531. The summed E-state index contributed by atoms with van der Waals surface area (Å²) in [6.07, 6.45) is 0.400. The van der Waals surface area contributed by atoms with Gasteiger partial charge in [-0.05, 0) is 45.1 Å². The van der Waals surface area contributed by atoms with Gasteiger partial charge in [-0.3, -0.25) is 9.59 Å². The van der Waals surface area contributed by atoms with Gasteiger partial charge < -0.3 is 25.4 Å². The molecule has 1 aliphatic rings. The van der Waals surface area contributed by atoms with Gasteiger partial charge in [-0.25, -0.2) is 9.59 Å². The van der Waals surface area contributed by atoms with E-state index in [0.717, 1.165) is 5.56 Å². The lowest BCUT2D eigenvalue weighted by Gasteiger charge is -2.35. The summed E-state index contributed by atoms with van der Waals surface area (Å²) < 4.78 is 5.28. The Morgan fingerprint density at radius 1 is 1.06 bits per heavy atom. The molecule has 2 unspecified atom stereocenters. The molecule has 3 amide bonds. The number of hydrogen-bond donors (Lipinski definition) is 3. The van der Waals surface area contributed by atoms with E-state index in [4.69, 9.17) is 4.74 Å². The summed E-state index contributed by atoms with van der Waals surface area (Å²) in [5, 5.41) is 14.9. The lowest BCUT2D eigenvalue weighted by molar-refractivity contribution is -0.143. The van der Waals surface area contributed by atoms with Gasteiger partial charge in [-0.1, -0.05) is 44.2 Å². The highest BCUT2D eigenvalue weighted by molar-refractivity contribution is 5.87. The van der Waals surface area contributed by atoms with Gasteiger partial charge in [0.15, 0.2) is 0 Å². The Morgan fingerprint density at radius 3 is 2.15 bits per heavy atom. The molecule has 3 N–H and O–H groups in total. The van der Waals surface area contributed by atoms with Crippen LogP contribution in [0.4, 0.5) is 4.79 Å². The summed E-state index contributed by atoms with van der Waals surface area (Å²) in [6.45, 7) is 9.66. The van der Waals surface area contributed by atoms with Gasteiger partial charge in [0, 0.05) is 25.4 Å². The summed E-state index contributed by atoms with van der Waals surface area (Å²) in [4.78, 5) is 51.3. The number of ether oxygens (including phenoxy) is 1. The second-order valence-electron chi connectivity index (χ2n) is 10.1. The molecule has 34 heavy (non-hydrogen) atoms. The molecule has 9 nitrogen and oxygen atoms in total. The molecule has 188 valence electrons. The fraction of sp³-hybridized carbons (Fsp3) is 0.600. The molecule has 1 aromatic rings. The summed E-state index contributed by atoms with van der Waals surface area (Å²) in [6, 6.07) is 7.39. The number of nitrogens with zero attached hydrogens (tertiary/aromatic N) is 1. The van der Waals surface area contributed by atoms with Crippen molar-refractivity contribution in [2.75, 3.05) is 13.1 Å². The predicted octanol–water partition coefficient (Wildman–Crippen LogP) is 2.59. The van der Waals surface area contributed by atoms with Gasteiger partial charge in [0.1, 0.15) is 17.7 Å². The molecule has 1 aliphatic heterocycles. The Hall–Kier alpha value is -3.10. The summed E-state index contributed by atoms with van der Waals surface area (Å²) in [7, 11) is 0. The van der Waals surface area contributed by atoms with Crippen molar-refractivity contribution < 1.29 is 29.0 Å². The van der Waals surface area contributed by atoms with Crippen LogP contribution in [0.25, 0.3) is 0 Å². The Kier molecular flexibility index (Phi) is 9.46. The first-order chi connectivity index (χ1) is 15.9. The largest absolute Gasteiger partial charge is 0.480 e. The minimum absolute atomic E-state index is 0.143. The minimum atomic E-state index is -1.09. The lowest BCUT2D eigenvalue weighted by Crippen LogP contribution is -2.54. The Labute approximate surface area is 201 Å². The average Bonchev–Trinajstić information content (AvgIpc) is 2.76. The highest BCUT2D eigenvalue weighted by Crippen LogP contribution is 2.20. The lowest BCUT2D eigenvalue weighted by atomic mass is 9.93. The van der Waals surface area contributed by atoms with E-state index in [1.807, 2.05) is 44.2 Å². The first-order valence-corrected chi connectivity index (χ1v) is 11.7. The molecule has 2 rings (SSSR count). The smallest absolute Gasteiger partial charge is 0.408 e. The van der Waals surface area contributed by atoms with E-state index in [1.165, 1.54) is 0 Å². The standard InChI is InChI=1S/C25H37N3O6/c1-16(2)20(27-24(33)34-25(3,4)5)22(30)28-13-11-18(12-14-28)21(29)26-19(23(31)32)15-17-9-7-6-8-10-17/h6-10,16,18-20H,11-15H2,1-5H3,(H,26,29)(H,27,33)(H,31,32). The van der Waals surface area contributed by atoms with Crippen LogP contribution >= 0.6 is 0 Å². The van der Waals surface area contributed by atoms with Crippen molar-refractivity contribution >= 4 is 23.9 Å². The van der Waals surface area contributed by atoms with Crippen LogP contribution in [-0.4, -0.2) is 64.7 Å². The molecular weight excluding hydrogens is 438 g/mol. The van der Waals surface area contributed by atoms with Crippen LogP contribution in [0.3, 0.4) is 0 Å². The summed E-state index contributed by atoms with van der Waals surface area (Å²) in [5.74, 6) is -2.14. The van der Waals surface area contributed by atoms with E-state index >= 15 is 0 Å². The van der Waals surface area contributed by atoms with E-state index in [-0.39, 0.29) is 30.1 Å². The summed E-state index contributed by atoms with van der Waals surface area (Å²) in [5.41, 5.74) is 0.155. The van der Waals surface area contributed by atoms with Crippen molar-refractivity contribution in [2.24, 2.45) is 11.8 Å². The number of hydrogen-bond acceptors (Lipinski definition) is 5. The zero-order valence-corrected chi connectivity index (χ0v) is 20.7. The average molecular weight is 476 g/mol. The minimum Gasteiger partial charge on any atom is -0.480 e. The molecule has 0 radical (unpaired) electrons. The number of benzene rings is 1. The topological polar surface area (TPSA) is 125 Å². The molecule has 0 aliphatic carbocycles. The highest BCUT2D eigenvalue weighted by Gasteiger charge is 2.34. The zero-order valence-electron chi connectivity index (χ0n) is 20.7. The Balaban J connectivity index is 1.92. The van der Waals surface area contributed by atoms with Crippen molar-refractivity contribution in [2.45, 2.75) is 71.6 Å². The Morgan fingerprint density at radius 2 is 1.65 bits per heavy atom. The number of carbonyl (C=O) groups excluding carboxylic acids is 3. The zero-order chi connectivity index (χ0) is 25.5. The molecule has 1 fully saturated rings. The maximum absolute atomic E-state index is 13.1. The normalized spacial score (nSPS) is 16.5. The second-order valence-corrected chi connectivity index (χ2v) is 10.1. The van der Waals surface area contributed by atoms with E-state index in [2.05, 4.69) is 10.6 Å². The molecule has 0 bridgehead atoms. The molecule has 0 spiro atoms. The van der Waals surface area contributed by atoms with Crippen molar-refractivity contribution in [3.8, 4) is 0 Å². The number of amides is 3. The number of carbonyl (C=O) groups is 4. The number of nitrogens with one attached hydrogen (secondary N) is 2. The first-order valence-electron chi connectivity index (χ1n) is 11.7. The number of likely N-dealkylation sites (tertiary alicyclic amines) is 1. The number of piperidine rings is 1. The van der Waals surface area contributed by atoms with Crippen LogP contribution in [0.2, 0.25) is 0 Å². The summed E-state index contributed by atoms with van der Waals surface area (Å²) >= 11 is 0. The van der Waals surface area contributed by atoms with Crippen LogP contribution in [-0.2, 0) is 25.5 Å². The fourth-order valence-corrected chi connectivity index (χ4v) is 3.85. The van der Waals surface area contributed by atoms with Gasteiger partial charge >= 0.3 is 12.1 Å². The third-order valence-electron chi connectivity index (χ3n) is 5.68. The van der Waals surface area contributed by atoms with Gasteiger partial charge in [0.05, 0.1) is 0 Å². The van der Waals surface area contributed by atoms with Crippen LogP contribution in [0.15, 0.2) is 30.3 Å². The number of alkyl carbamates (subject to hydrolysis) is 1. The molecule has 0 saturated carbocycles. The number of aliphatic carboxylic acids is 1. The predicted molar refractivity (Wildman–Crippen MR) is 127 cm³/mol. The monoisotopic (exact) mass is 475 g/mol. The van der Waals surface area contributed by atoms with Crippen molar-refractivity contribution in [3.05, 3.63) is 35.9 Å². The molecular formula is C25H37N3O6. The number of carboxylic acid groups (broad SMARTS) is 1. The van der Waals surface area contributed by atoms with Crippen LogP contribution in [0.1, 0.15) is 53.0 Å². The Bertz CT molecular complexity index is 857. The van der Waals surface area contributed by atoms with E-state index in [9.17, 15) is 24.3 Å². The fourth-order valence-electron chi connectivity index (χ4n) is 3.85. The van der Waals surface area contributed by atoms with Gasteiger partial charge in [-0.2, -0.15) is 0 Å². The van der Waals surface area contributed by atoms with E-state index in [1.54, 1.807) is 25.7 Å². The third kappa shape index (κ3) is 8.35. The molecule has 9 heteroatoms. The van der Waals surface area contributed by atoms with Crippen LogP contribution in [0.5, 0.6) is 0 Å². The van der Waals surface area contributed by atoms with Gasteiger partial charge in [0.25, 0.3) is 0 Å². The SMILES string of the molecule is CC(C)C(NC(=O)OC(C)(C)C)C(=O)N1CCC(C(=O)NC(Cc2ccccc2)C(=O)O)CC1. The molecule has 1 heterocycles. The first kappa shape index (κ1) is 27.1. The van der Waals surface area contributed by atoms with Crippen LogP contribution in [0, 0.1) is 11.8 Å². The number of rotatable bonds is 8. The highest BCUT2D eigenvalue weighted by atomic mass is 16.6. The maximum Gasteiger partial charge on any atom is 0.408 e. The van der Waals surface area contributed by atoms with Crippen molar-refractivity contribution in [1.82, 2.24) is 15.5 Å². The van der Waals surface area contributed by atoms with Crippen molar-refractivity contribution in [3.63, 3.8) is 0 Å². The third-order valence-corrected chi connectivity index (χ3v) is 5.68. The molecule has 0 aromatic heterocycles. The van der Waals surface area contributed by atoms with Crippen LogP contribution < -0.4 is 10.6 Å². The molecule has 1 saturated heterocycles. The van der Waals surface area contributed by atoms with Crippen molar-refractivity contribution in [1.29, 1.82) is 0 Å². The van der Waals surface area contributed by atoms with E-state index < -0.39 is 29.7 Å². The van der Waals surface area contributed by atoms with Gasteiger partial charge in [-0.15, -0.1) is 0 Å². The molecule has 1 aromatic carbocycles.